The molecule has 0 unspecified atom stereocenters. The second-order valence-electron chi connectivity index (χ2n) is 5.13. The minimum absolute atomic E-state index is 0.246. The second kappa shape index (κ2) is 8.54. The molecule has 2 aromatic rings. The molecule has 2 rings (SSSR count). The predicted octanol–water partition coefficient (Wildman–Crippen LogP) is 2.68. The Morgan fingerprint density at radius 1 is 1.13 bits per heavy atom. The maximum Gasteiger partial charge on any atom is 0.244 e. The molecule has 0 atom stereocenters. The largest absolute Gasteiger partial charge is 0.303 e. The zero-order valence-corrected chi connectivity index (χ0v) is 15.2. The molecule has 2 heterocycles. The van der Waals surface area contributed by atoms with Crippen LogP contribution in [0, 0.1) is 0 Å². The third-order valence-corrected chi connectivity index (χ3v) is 6.43. The lowest BCUT2D eigenvalue weighted by Crippen LogP contribution is -2.38. The molecule has 0 saturated carbocycles. The average molecular weight is 354 g/mol. The predicted molar refractivity (Wildman–Crippen MR) is 93.9 cm³/mol. The van der Waals surface area contributed by atoms with E-state index in [0.29, 0.717) is 13.1 Å². The molecule has 0 spiro atoms. The molecule has 5 nitrogen and oxygen atoms in total. The number of rotatable bonds is 9. The van der Waals surface area contributed by atoms with E-state index in [1.54, 1.807) is 34.0 Å². The summed E-state index contributed by atoms with van der Waals surface area (Å²) in [5.41, 5.74) is 0. The van der Waals surface area contributed by atoms with Gasteiger partial charge in [-0.2, -0.15) is 4.31 Å². The van der Waals surface area contributed by atoms with Crippen LogP contribution >= 0.6 is 11.3 Å². The minimum Gasteiger partial charge on any atom is -0.303 e. The summed E-state index contributed by atoms with van der Waals surface area (Å²) in [6, 6.07) is 7.16. The van der Waals surface area contributed by atoms with Gasteiger partial charge in [-0.05, 0) is 36.7 Å². The van der Waals surface area contributed by atoms with Crippen molar-refractivity contribution in [2.45, 2.75) is 25.3 Å². The van der Waals surface area contributed by atoms with Gasteiger partial charge < -0.3 is 4.90 Å². The zero-order chi connectivity index (χ0) is 16.7. The lowest BCUT2D eigenvalue weighted by Gasteiger charge is -2.25. The molecular weight excluding hydrogens is 330 g/mol. The molecule has 23 heavy (non-hydrogen) atoms. The van der Waals surface area contributed by atoms with Gasteiger partial charge in [-0.25, -0.2) is 8.42 Å². The van der Waals surface area contributed by atoms with Crippen LogP contribution in [0.4, 0.5) is 0 Å². The molecule has 0 aliphatic carbocycles. The monoisotopic (exact) mass is 353 g/mol. The van der Waals surface area contributed by atoms with E-state index in [1.165, 1.54) is 6.20 Å². The van der Waals surface area contributed by atoms with Crippen LogP contribution in [-0.4, -0.2) is 48.8 Å². The average Bonchev–Trinajstić information content (AvgIpc) is 3.08. The molecule has 0 aromatic carbocycles. The van der Waals surface area contributed by atoms with Crippen molar-refractivity contribution in [2.75, 3.05) is 26.2 Å². The van der Waals surface area contributed by atoms with Gasteiger partial charge in [0.1, 0.15) is 4.90 Å². The van der Waals surface area contributed by atoms with Crippen LogP contribution in [0.25, 0.3) is 0 Å². The number of sulfonamides is 1. The van der Waals surface area contributed by atoms with Gasteiger partial charge in [-0.1, -0.05) is 19.9 Å². The first kappa shape index (κ1) is 18.1. The fourth-order valence-corrected chi connectivity index (χ4v) is 4.48. The third kappa shape index (κ3) is 4.84. The Labute approximate surface area is 142 Å². The lowest BCUT2D eigenvalue weighted by molar-refractivity contribution is 0.269. The summed E-state index contributed by atoms with van der Waals surface area (Å²) in [4.78, 5) is 7.45. The minimum atomic E-state index is -3.54. The smallest absolute Gasteiger partial charge is 0.244 e. The molecule has 0 amide bonds. The van der Waals surface area contributed by atoms with E-state index in [-0.39, 0.29) is 4.90 Å². The van der Waals surface area contributed by atoms with Gasteiger partial charge >= 0.3 is 0 Å². The van der Waals surface area contributed by atoms with Gasteiger partial charge in [0.15, 0.2) is 0 Å². The van der Waals surface area contributed by atoms with Crippen LogP contribution in [0.15, 0.2) is 46.9 Å². The Bertz CT molecular complexity index is 669. The molecule has 0 aliphatic rings. The van der Waals surface area contributed by atoms with E-state index in [2.05, 4.69) is 23.7 Å². The van der Waals surface area contributed by atoms with E-state index in [9.17, 15) is 8.42 Å². The summed E-state index contributed by atoms with van der Waals surface area (Å²) >= 11 is 1.57. The number of nitrogens with zero attached hydrogens (tertiary/aromatic N) is 3. The van der Waals surface area contributed by atoms with Gasteiger partial charge in [0.2, 0.25) is 10.0 Å². The van der Waals surface area contributed by atoms with Crippen molar-refractivity contribution in [1.82, 2.24) is 14.2 Å². The standard InChI is InChI=1S/C16H23N3O2S2/c1-3-18(4-2)10-11-19(14-15-7-6-12-22-15)23(20,21)16-8-5-9-17-13-16/h5-9,12-13H,3-4,10-11,14H2,1-2H3. The fraction of sp³-hybridized carbons (Fsp3) is 0.438. The van der Waals surface area contributed by atoms with Gasteiger partial charge in [0.05, 0.1) is 0 Å². The van der Waals surface area contributed by atoms with Gasteiger partial charge in [0, 0.05) is 36.9 Å². The Kier molecular flexibility index (Phi) is 6.71. The van der Waals surface area contributed by atoms with Gasteiger partial charge in [-0.15, -0.1) is 11.3 Å². The number of hydrogen-bond acceptors (Lipinski definition) is 5. The fourth-order valence-electron chi connectivity index (χ4n) is 2.30. The third-order valence-electron chi connectivity index (χ3n) is 3.74. The van der Waals surface area contributed by atoms with Crippen LogP contribution < -0.4 is 0 Å². The zero-order valence-electron chi connectivity index (χ0n) is 13.6. The first-order valence-corrected chi connectivity index (χ1v) is 10.0. The first-order chi connectivity index (χ1) is 11.1. The number of aromatic nitrogens is 1. The molecule has 0 fully saturated rings. The Morgan fingerprint density at radius 3 is 2.48 bits per heavy atom. The van der Waals surface area contributed by atoms with E-state index in [0.717, 1.165) is 24.5 Å². The molecule has 2 aromatic heterocycles. The summed E-state index contributed by atoms with van der Waals surface area (Å²) < 4.78 is 27.4. The van der Waals surface area contributed by atoms with Crippen molar-refractivity contribution < 1.29 is 8.42 Å². The molecule has 0 saturated heterocycles. The second-order valence-corrected chi connectivity index (χ2v) is 8.10. The van der Waals surface area contributed by atoms with Crippen LogP contribution in [0.2, 0.25) is 0 Å². The summed E-state index contributed by atoms with van der Waals surface area (Å²) in [5.74, 6) is 0. The maximum atomic E-state index is 12.9. The lowest BCUT2D eigenvalue weighted by atomic mass is 10.4. The SMILES string of the molecule is CCN(CC)CCN(Cc1cccs1)S(=O)(=O)c1cccnc1. The molecule has 0 bridgehead atoms. The number of pyridine rings is 1. The van der Waals surface area contributed by atoms with Gasteiger partial charge in [-0.3, -0.25) is 4.98 Å². The molecule has 0 radical (unpaired) electrons. The number of likely N-dealkylation sites (N-methyl/N-ethyl adjacent to an activating group) is 1. The van der Waals surface area contributed by atoms with Crippen molar-refractivity contribution in [3.05, 3.63) is 46.9 Å². The molecular formula is C16H23N3O2S2. The highest BCUT2D eigenvalue weighted by atomic mass is 32.2. The highest BCUT2D eigenvalue weighted by Crippen LogP contribution is 2.19. The van der Waals surface area contributed by atoms with Crippen LogP contribution in [0.1, 0.15) is 18.7 Å². The first-order valence-electron chi connectivity index (χ1n) is 7.72. The maximum absolute atomic E-state index is 12.9. The van der Waals surface area contributed by atoms with Crippen molar-refractivity contribution >= 4 is 21.4 Å². The molecule has 0 aliphatic heterocycles. The highest BCUT2D eigenvalue weighted by Gasteiger charge is 2.25. The van der Waals surface area contributed by atoms with E-state index < -0.39 is 10.0 Å². The van der Waals surface area contributed by atoms with Crippen LogP contribution in [0.5, 0.6) is 0 Å². The van der Waals surface area contributed by atoms with Crippen molar-refractivity contribution in [3.63, 3.8) is 0 Å². The van der Waals surface area contributed by atoms with Crippen molar-refractivity contribution in [2.24, 2.45) is 0 Å². The van der Waals surface area contributed by atoms with E-state index >= 15 is 0 Å². The van der Waals surface area contributed by atoms with Crippen molar-refractivity contribution in [1.29, 1.82) is 0 Å². The van der Waals surface area contributed by atoms with E-state index in [1.807, 2.05) is 17.5 Å². The molecule has 126 valence electrons. The topological polar surface area (TPSA) is 53.5 Å². The Balaban J connectivity index is 2.21. The Morgan fingerprint density at radius 2 is 1.91 bits per heavy atom. The summed E-state index contributed by atoms with van der Waals surface area (Å²) in [7, 11) is -3.54. The number of hydrogen-bond donors (Lipinski definition) is 0. The number of thiophene rings is 1. The summed E-state index contributed by atoms with van der Waals surface area (Å²) in [6.07, 6.45) is 2.99. The summed E-state index contributed by atoms with van der Waals surface area (Å²) in [5, 5.41) is 1.97. The normalized spacial score (nSPS) is 12.2. The highest BCUT2D eigenvalue weighted by molar-refractivity contribution is 7.89. The van der Waals surface area contributed by atoms with E-state index in [4.69, 9.17) is 0 Å². The van der Waals surface area contributed by atoms with Crippen molar-refractivity contribution in [3.8, 4) is 0 Å². The van der Waals surface area contributed by atoms with Crippen LogP contribution in [-0.2, 0) is 16.6 Å². The Hall–Kier alpha value is -1.28. The quantitative estimate of drug-likeness (QED) is 0.695. The molecule has 0 N–H and O–H groups in total. The van der Waals surface area contributed by atoms with Gasteiger partial charge in [0.25, 0.3) is 0 Å². The summed E-state index contributed by atoms with van der Waals surface area (Å²) in [6.45, 7) is 7.59. The van der Waals surface area contributed by atoms with Crippen LogP contribution in [0.3, 0.4) is 0 Å². The molecule has 7 heteroatoms.